The van der Waals surface area contributed by atoms with Crippen LogP contribution in [0.25, 0.3) is 10.8 Å². The van der Waals surface area contributed by atoms with Gasteiger partial charge < -0.3 is 31.3 Å². The van der Waals surface area contributed by atoms with Crippen LogP contribution in [-0.2, 0) is 11.2 Å². The van der Waals surface area contributed by atoms with E-state index < -0.39 is 29.2 Å². The van der Waals surface area contributed by atoms with Crippen LogP contribution < -0.4 is 32.2 Å². The van der Waals surface area contributed by atoms with Gasteiger partial charge in [0.2, 0.25) is 5.91 Å². The fourth-order valence-electron chi connectivity index (χ4n) is 3.84. The van der Waals surface area contributed by atoms with Gasteiger partial charge in [-0.2, -0.15) is 0 Å². The Balaban J connectivity index is 1.30. The normalized spacial score (nSPS) is 12.6. The quantitative estimate of drug-likeness (QED) is 0.118. The molecular formula is C26H23I4N5O6. The molecule has 0 aliphatic carbocycles. The van der Waals surface area contributed by atoms with E-state index in [1.54, 1.807) is 18.2 Å². The van der Waals surface area contributed by atoms with Gasteiger partial charge in [-0.3, -0.25) is 24.6 Å². The van der Waals surface area contributed by atoms with E-state index in [2.05, 4.69) is 111 Å². The van der Waals surface area contributed by atoms with E-state index in [1.807, 2.05) is 12.1 Å². The standard InChI is InChI=1S/C26H23I4N5O6/c27-17-7-14(8-18(28)22(17)37)41-23-19(29)3-11(4-20(23)30)5-21(31)26(40)33-10-13(36)9-32-12-1-2-15-16(6-12)25(39)35-34-24(15)38/h1-4,6-8,13,21,32,36-37H,5,9-10,31H2,(H,33,40)(H,34,38)(H,35,39)/t13?,21-/m0/s1. The first-order chi connectivity index (χ1) is 19.4. The molecule has 41 heavy (non-hydrogen) atoms. The molecule has 216 valence electrons. The minimum atomic E-state index is -0.927. The van der Waals surface area contributed by atoms with Gasteiger partial charge in [0.05, 0.1) is 37.2 Å². The third-order valence-corrected chi connectivity index (χ3v) is 9.16. The van der Waals surface area contributed by atoms with Crippen molar-refractivity contribution >= 4 is 113 Å². The lowest BCUT2D eigenvalue weighted by atomic mass is 10.1. The molecule has 4 rings (SSSR count). The number of aliphatic hydroxyl groups excluding tert-OH is 1. The van der Waals surface area contributed by atoms with Crippen LogP contribution in [0.1, 0.15) is 5.56 Å². The smallest absolute Gasteiger partial charge is 0.270 e. The Hall–Kier alpha value is -1.69. The molecule has 2 atom stereocenters. The number of aromatic hydroxyl groups is 1. The Kier molecular flexibility index (Phi) is 11.2. The number of nitrogens with one attached hydrogen (secondary N) is 4. The number of carbonyl (C=O) groups is 1. The van der Waals surface area contributed by atoms with Gasteiger partial charge >= 0.3 is 0 Å². The van der Waals surface area contributed by atoms with E-state index in [0.717, 1.165) is 12.7 Å². The van der Waals surface area contributed by atoms with E-state index in [9.17, 15) is 24.6 Å². The highest BCUT2D eigenvalue weighted by Gasteiger charge is 2.18. The van der Waals surface area contributed by atoms with Crippen molar-refractivity contribution in [3.05, 3.63) is 83.0 Å². The van der Waals surface area contributed by atoms with Crippen LogP contribution in [0.5, 0.6) is 17.2 Å². The van der Waals surface area contributed by atoms with Gasteiger partial charge in [0.1, 0.15) is 11.5 Å². The molecule has 0 aliphatic heterocycles. The number of aliphatic hydroxyl groups is 1. The third kappa shape index (κ3) is 8.24. The fourth-order valence-corrected chi connectivity index (χ4v) is 7.67. The van der Waals surface area contributed by atoms with Gasteiger partial charge in [0, 0.05) is 18.8 Å². The number of phenolic OH excluding ortho intramolecular Hbond substituents is 1. The zero-order valence-electron chi connectivity index (χ0n) is 20.9. The first kappa shape index (κ1) is 32.2. The number of aromatic nitrogens is 2. The molecule has 4 aromatic rings. The van der Waals surface area contributed by atoms with Gasteiger partial charge in [-0.25, -0.2) is 0 Å². The second kappa shape index (κ2) is 14.2. The summed E-state index contributed by atoms with van der Waals surface area (Å²) in [4.78, 5) is 36.4. The molecule has 0 aliphatic rings. The summed E-state index contributed by atoms with van der Waals surface area (Å²) in [5.41, 5.74) is 6.72. The largest absolute Gasteiger partial charge is 0.506 e. The molecule has 1 unspecified atom stereocenters. The number of fused-ring (bicyclic) bond motifs is 1. The van der Waals surface area contributed by atoms with Gasteiger partial charge in [-0.15, -0.1) is 0 Å². The number of hydrogen-bond acceptors (Lipinski definition) is 8. The summed E-state index contributed by atoms with van der Waals surface area (Å²) < 4.78 is 9.17. The second-order valence-corrected chi connectivity index (χ2v) is 13.6. The first-order valence-electron chi connectivity index (χ1n) is 12.0. The van der Waals surface area contributed by atoms with Crippen molar-refractivity contribution in [1.29, 1.82) is 0 Å². The average molecular weight is 1010 g/mol. The minimum absolute atomic E-state index is 0.0283. The van der Waals surface area contributed by atoms with Crippen LogP contribution in [0, 0.1) is 14.3 Å². The molecule has 8 N–H and O–H groups in total. The number of rotatable bonds is 10. The maximum atomic E-state index is 12.6. The van der Waals surface area contributed by atoms with E-state index in [1.165, 1.54) is 12.1 Å². The SMILES string of the molecule is N[C@@H](Cc1cc(I)c(Oc2cc(I)c(O)c(I)c2)c(I)c1)C(=O)NCC(O)CNc1ccc2c(=O)[nH][nH]c(=O)c2c1. The number of halogens is 4. The van der Waals surface area contributed by atoms with Gasteiger partial charge in [-0.1, -0.05) is 0 Å². The molecule has 0 radical (unpaired) electrons. The van der Waals surface area contributed by atoms with E-state index in [4.69, 9.17) is 10.5 Å². The summed E-state index contributed by atoms with van der Waals surface area (Å²) in [6, 6.07) is 11.2. The lowest BCUT2D eigenvalue weighted by molar-refractivity contribution is -0.122. The Morgan fingerprint density at radius 1 is 0.902 bits per heavy atom. The zero-order valence-corrected chi connectivity index (χ0v) is 29.6. The molecule has 0 bridgehead atoms. The number of amides is 1. The van der Waals surface area contributed by atoms with Crippen molar-refractivity contribution in [3.8, 4) is 17.2 Å². The van der Waals surface area contributed by atoms with Crippen LogP contribution >= 0.6 is 90.4 Å². The number of hydrogen-bond donors (Lipinski definition) is 7. The van der Waals surface area contributed by atoms with Crippen LogP contribution in [0.15, 0.2) is 52.1 Å². The maximum Gasteiger partial charge on any atom is 0.270 e. The predicted octanol–water partition coefficient (Wildman–Crippen LogP) is 3.59. The highest BCUT2D eigenvalue weighted by atomic mass is 127. The molecule has 1 amide bonds. The number of benzene rings is 3. The van der Waals surface area contributed by atoms with Crippen LogP contribution in [0.3, 0.4) is 0 Å². The lowest BCUT2D eigenvalue weighted by Crippen LogP contribution is -2.45. The van der Waals surface area contributed by atoms with Crippen molar-refractivity contribution < 1.29 is 19.7 Å². The average Bonchev–Trinajstić information content (AvgIpc) is 2.93. The molecule has 15 heteroatoms. The van der Waals surface area contributed by atoms with Gasteiger partial charge in [0.15, 0.2) is 5.75 Å². The first-order valence-corrected chi connectivity index (χ1v) is 16.3. The number of ether oxygens (including phenoxy) is 1. The van der Waals surface area contributed by atoms with Gasteiger partial charge in [0.25, 0.3) is 11.1 Å². The number of H-pyrrole nitrogens is 2. The van der Waals surface area contributed by atoms with E-state index >= 15 is 0 Å². The van der Waals surface area contributed by atoms with Crippen molar-refractivity contribution in [2.45, 2.75) is 18.6 Å². The predicted molar refractivity (Wildman–Crippen MR) is 190 cm³/mol. The Bertz CT molecular complexity index is 1680. The summed E-state index contributed by atoms with van der Waals surface area (Å²) in [7, 11) is 0. The molecule has 11 nitrogen and oxygen atoms in total. The van der Waals surface area contributed by atoms with Crippen LogP contribution in [-0.4, -0.2) is 51.6 Å². The number of carbonyl (C=O) groups excluding carboxylic acids is 1. The molecular weight excluding hydrogens is 986 g/mol. The summed E-state index contributed by atoms with van der Waals surface area (Å²) in [5, 5.41) is 31.0. The number of anilines is 1. The Morgan fingerprint density at radius 3 is 2.15 bits per heavy atom. The molecule has 3 aromatic carbocycles. The third-order valence-electron chi connectivity index (χ3n) is 5.91. The molecule has 1 aromatic heterocycles. The molecule has 0 saturated carbocycles. The highest BCUT2D eigenvalue weighted by molar-refractivity contribution is 14.1. The topological polar surface area (TPSA) is 183 Å². The summed E-state index contributed by atoms with van der Waals surface area (Å²) in [6.07, 6.45) is -0.643. The van der Waals surface area contributed by atoms with Crippen molar-refractivity contribution in [2.75, 3.05) is 18.4 Å². The summed E-state index contributed by atoms with van der Waals surface area (Å²) in [6.45, 7) is 0.0680. The minimum Gasteiger partial charge on any atom is -0.506 e. The fraction of sp³-hybridized carbons (Fsp3) is 0.192. The van der Waals surface area contributed by atoms with E-state index in [0.29, 0.717) is 24.3 Å². The van der Waals surface area contributed by atoms with Crippen molar-refractivity contribution in [2.24, 2.45) is 5.73 Å². The molecule has 1 heterocycles. The Morgan fingerprint density at radius 2 is 1.51 bits per heavy atom. The van der Waals surface area contributed by atoms with Crippen LogP contribution in [0.2, 0.25) is 0 Å². The second-order valence-electron chi connectivity index (χ2n) is 8.99. The lowest BCUT2D eigenvalue weighted by Gasteiger charge is -2.17. The number of aromatic amines is 2. The van der Waals surface area contributed by atoms with Crippen LogP contribution in [0.4, 0.5) is 5.69 Å². The monoisotopic (exact) mass is 1010 g/mol. The Labute approximate surface area is 287 Å². The number of nitrogens with two attached hydrogens (primary N) is 1. The maximum absolute atomic E-state index is 12.6. The van der Waals surface area contributed by atoms with E-state index in [-0.39, 0.29) is 36.0 Å². The highest BCUT2D eigenvalue weighted by Crippen LogP contribution is 2.37. The molecule has 0 saturated heterocycles. The zero-order chi connectivity index (χ0) is 29.8. The molecule has 0 spiro atoms. The molecule has 0 fully saturated rings. The number of phenols is 1. The van der Waals surface area contributed by atoms with Crippen molar-refractivity contribution in [3.63, 3.8) is 0 Å². The summed E-state index contributed by atoms with van der Waals surface area (Å²) in [5.74, 6) is 1.09. The van der Waals surface area contributed by atoms with Gasteiger partial charge in [-0.05, 0) is 145 Å². The summed E-state index contributed by atoms with van der Waals surface area (Å²) >= 11 is 8.45. The van der Waals surface area contributed by atoms with Crippen molar-refractivity contribution in [1.82, 2.24) is 15.5 Å².